The van der Waals surface area contributed by atoms with Crippen molar-refractivity contribution in [2.45, 2.75) is 63.1 Å². The van der Waals surface area contributed by atoms with Crippen molar-refractivity contribution in [3.8, 4) is 6.07 Å². The van der Waals surface area contributed by atoms with Crippen molar-refractivity contribution in [2.75, 3.05) is 0 Å². The molecule has 3 nitrogen and oxygen atoms in total. The Balaban J connectivity index is 1.54. The highest BCUT2D eigenvalue weighted by atomic mass is 31.3. The van der Waals surface area contributed by atoms with Crippen LogP contribution in [0.5, 0.6) is 0 Å². The van der Waals surface area contributed by atoms with Crippen molar-refractivity contribution < 1.29 is 0 Å². The molecule has 1 aromatic heterocycles. The Morgan fingerprint density at radius 1 is 1.30 bits per heavy atom. The van der Waals surface area contributed by atoms with Gasteiger partial charge in [-0.05, 0) is 67.7 Å². The fraction of sp³-hybridized carbons (Fsp3) is 0.440. The van der Waals surface area contributed by atoms with Crippen molar-refractivity contribution in [3.05, 3.63) is 70.9 Å². The van der Waals surface area contributed by atoms with Crippen LogP contribution >= 0.6 is 8.79 Å². The molecule has 0 bridgehead atoms. The van der Waals surface area contributed by atoms with E-state index in [1.165, 1.54) is 31.3 Å². The minimum atomic E-state index is -1.04. The van der Waals surface area contributed by atoms with Crippen molar-refractivity contribution in [3.63, 3.8) is 0 Å². The molecule has 0 saturated heterocycles. The number of allylic oxidation sites excluding steroid dienone is 5. The summed E-state index contributed by atoms with van der Waals surface area (Å²) in [5.41, 5.74) is 5.16. The third-order valence-electron chi connectivity index (χ3n) is 7.44. The van der Waals surface area contributed by atoms with Crippen LogP contribution in [0.2, 0.25) is 5.54 Å². The summed E-state index contributed by atoms with van der Waals surface area (Å²) in [5.74, 6) is 0.683. The summed E-state index contributed by atoms with van der Waals surface area (Å²) in [6, 6.07) is 7.44. The van der Waals surface area contributed by atoms with Gasteiger partial charge in [-0.1, -0.05) is 42.5 Å². The Bertz CT molecular complexity index is 1000. The van der Waals surface area contributed by atoms with Crippen LogP contribution < -0.4 is 0 Å². The van der Waals surface area contributed by atoms with E-state index in [0.717, 1.165) is 18.4 Å². The van der Waals surface area contributed by atoms with Crippen LogP contribution in [0, 0.1) is 17.2 Å². The Hall–Kier alpha value is -1.95. The zero-order valence-corrected chi connectivity index (χ0v) is 20.0. The number of pyridine rings is 1. The molecule has 4 aliphatic rings. The number of nitriles is 1. The SMILES string of the molecule is CC1CC=CC2C1N(C1CCC=C(c3cccnc3C#N)C1)C1=C(CCC=C1)[SiH]2P. The minimum Gasteiger partial charge on any atom is -0.365 e. The number of aromatic nitrogens is 1. The average Bonchev–Trinajstić information content (AvgIpc) is 2.80. The van der Waals surface area contributed by atoms with Gasteiger partial charge in [0.2, 0.25) is 0 Å². The van der Waals surface area contributed by atoms with Crippen LogP contribution in [-0.2, 0) is 0 Å². The zero-order chi connectivity index (χ0) is 20.7. The van der Waals surface area contributed by atoms with Crippen LogP contribution in [0.25, 0.3) is 5.57 Å². The lowest BCUT2D eigenvalue weighted by Gasteiger charge is -2.54. The average molecular weight is 432 g/mol. The molecule has 5 rings (SSSR count). The summed E-state index contributed by atoms with van der Waals surface area (Å²) in [5, 5.41) is 11.3. The number of nitrogens with zero attached hydrogens (tertiary/aromatic N) is 3. The van der Waals surface area contributed by atoms with Crippen molar-refractivity contribution in [1.82, 2.24) is 9.88 Å². The van der Waals surface area contributed by atoms with Gasteiger partial charge in [-0.3, -0.25) is 0 Å². The zero-order valence-electron chi connectivity index (χ0n) is 17.7. The minimum absolute atomic E-state index is 0.498. The maximum Gasteiger partial charge on any atom is 0.147 e. The molecule has 0 radical (unpaired) electrons. The number of fused-ring (bicyclic) bond motifs is 1. The molecule has 154 valence electrons. The van der Waals surface area contributed by atoms with Gasteiger partial charge in [0, 0.05) is 29.5 Å². The van der Waals surface area contributed by atoms with Gasteiger partial charge in [0.05, 0.1) is 8.46 Å². The molecule has 6 unspecified atom stereocenters. The highest BCUT2D eigenvalue weighted by Crippen LogP contribution is 2.49. The molecule has 5 heteroatoms. The van der Waals surface area contributed by atoms with Crippen LogP contribution in [-0.4, -0.2) is 30.4 Å². The van der Waals surface area contributed by atoms with Crippen molar-refractivity contribution in [2.24, 2.45) is 5.92 Å². The molecule has 0 saturated carbocycles. The van der Waals surface area contributed by atoms with Gasteiger partial charge in [-0.15, -0.1) is 8.79 Å². The molecule has 1 aliphatic heterocycles. The second kappa shape index (κ2) is 8.29. The lowest BCUT2D eigenvalue weighted by molar-refractivity contribution is 0.128. The van der Waals surface area contributed by atoms with Gasteiger partial charge in [-0.2, -0.15) is 5.26 Å². The first-order chi connectivity index (χ1) is 14.7. The topological polar surface area (TPSA) is 39.9 Å². The summed E-state index contributed by atoms with van der Waals surface area (Å²) in [6.45, 7) is 2.45. The standard InChI is InChI=1S/C25H30N3PSi/c1-17-7-4-13-24-25(17)28(22-11-2-3-12-23(22)30(24)29)19-9-5-8-18(15-19)20-10-6-14-27-21(20)16-26/h2,4,6,8,10-11,13-14,17,19,24-25,30H,3,5,7,9,12,15,29H2,1H3. The van der Waals surface area contributed by atoms with E-state index < -0.39 is 8.46 Å². The van der Waals surface area contributed by atoms with E-state index in [-0.39, 0.29) is 0 Å². The molecule has 30 heavy (non-hydrogen) atoms. The van der Waals surface area contributed by atoms with E-state index in [9.17, 15) is 5.26 Å². The molecule has 0 N–H and O–H groups in total. The Morgan fingerprint density at radius 3 is 3.07 bits per heavy atom. The molecule has 2 heterocycles. The second-order valence-corrected chi connectivity index (χ2v) is 13.8. The number of hydrogen-bond donors (Lipinski definition) is 0. The van der Waals surface area contributed by atoms with E-state index in [1.807, 2.05) is 6.07 Å². The molecule has 0 amide bonds. The predicted octanol–water partition coefficient (Wildman–Crippen LogP) is 5.28. The fourth-order valence-corrected chi connectivity index (χ4v) is 11.1. The first kappa shape index (κ1) is 20.0. The maximum absolute atomic E-state index is 9.56. The summed E-state index contributed by atoms with van der Waals surface area (Å²) < 4.78 is 0. The van der Waals surface area contributed by atoms with Crippen LogP contribution in [0.4, 0.5) is 0 Å². The third kappa shape index (κ3) is 3.33. The van der Waals surface area contributed by atoms with E-state index in [2.05, 4.69) is 68.1 Å². The molecule has 0 fully saturated rings. The fourth-order valence-electron chi connectivity index (χ4n) is 6.07. The van der Waals surface area contributed by atoms with Crippen LogP contribution in [0.15, 0.2) is 59.6 Å². The number of rotatable bonds is 2. The normalized spacial score (nSPS) is 32.9. The Kier molecular flexibility index (Phi) is 5.52. The second-order valence-electron chi connectivity index (χ2n) is 9.17. The molecule has 6 atom stereocenters. The van der Waals surface area contributed by atoms with Crippen LogP contribution in [0.1, 0.15) is 56.7 Å². The summed E-state index contributed by atoms with van der Waals surface area (Å²) >= 11 is 0. The summed E-state index contributed by atoms with van der Waals surface area (Å²) in [6.07, 6.45) is 20.8. The van der Waals surface area contributed by atoms with Gasteiger partial charge < -0.3 is 4.90 Å². The first-order valence-electron chi connectivity index (χ1n) is 11.3. The summed E-state index contributed by atoms with van der Waals surface area (Å²) in [4.78, 5) is 7.16. The maximum atomic E-state index is 9.56. The van der Waals surface area contributed by atoms with Gasteiger partial charge in [-0.25, -0.2) is 4.98 Å². The van der Waals surface area contributed by atoms with E-state index in [4.69, 9.17) is 0 Å². The molecule has 0 spiro atoms. The lowest BCUT2D eigenvalue weighted by Crippen LogP contribution is -2.55. The Labute approximate surface area is 183 Å². The van der Waals surface area contributed by atoms with Gasteiger partial charge >= 0.3 is 0 Å². The largest absolute Gasteiger partial charge is 0.365 e. The third-order valence-corrected chi connectivity index (χ3v) is 12.8. The van der Waals surface area contributed by atoms with Crippen molar-refractivity contribution in [1.29, 1.82) is 5.26 Å². The predicted molar refractivity (Wildman–Crippen MR) is 129 cm³/mol. The monoisotopic (exact) mass is 431 g/mol. The van der Waals surface area contributed by atoms with Gasteiger partial charge in [0.1, 0.15) is 11.8 Å². The molecule has 0 aromatic carbocycles. The molecule has 3 aliphatic carbocycles. The molecular formula is C25H30N3PSi. The quantitative estimate of drug-likeness (QED) is 0.363. The highest BCUT2D eigenvalue weighted by molar-refractivity contribution is 7.64. The lowest BCUT2D eigenvalue weighted by atomic mass is 9.82. The summed E-state index contributed by atoms with van der Waals surface area (Å²) in [7, 11) is 2.28. The highest BCUT2D eigenvalue weighted by Gasteiger charge is 2.45. The Morgan fingerprint density at radius 2 is 2.20 bits per heavy atom. The molecular weight excluding hydrogens is 401 g/mol. The van der Waals surface area contributed by atoms with Crippen LogP contribution in [0.3, 0.4) is 0 Å². The van der Waals surface area contributed by atoms with E-state index >= 15 is 0 Å². The smallest absolute Gasteiger partial charge is 0.147 e. The molecule has 1 aromatic rings. The van der Waals surface area contributed by atoms with Crippen molar-refractivity contribution >= 4 is 22.8 Å². The van der Waals surface area contributed by atoms with E-state index in [0.29, 0.717) is 29.2 Å². The number of hydrogen-bond acceptors (Lipinski definition) is 3. The van der Waals surface area contributed by atoms with Gasteiger partial charge in [0.25, 0.3) is 0 Å². The first-order valence-corrected chi connectivity index (χ1v) is 15.2. The van der Waals surface area contributed by atoms with E-state index in [1.54, 1.807) is 17.1 Å². The van der Waals surface area contributed by atoms with Gasteiger partial charge in [0.15, 0.2) is 0 Å².